The van der Waals surface area contributed by atoms with Crippen LogP contribution in [0.15, 0.2) is 47.4 Å². The summed E-state index contributed by atoms with van der Waals surface area (Å²) in [7, 11) is -2.07. The number of methoxy groups -OCH3 is 1. The highest BCUT2D eigenvalue weighted by Gasteiger charge is 2.31. The maximum absolute atomic E-state index is 13.2. The molecule has 1 fully saturated rings. The van der Waals surface area contributed by atoms with Gasteiger partial charge in [-0.3, -0.25) is 0 Å². The highest BCUT2D eigenvalue weighted by molar-refractivity contribution is 7.89. The van der Waals surface area contributed by atoms with Crippen LogP contribution in [0.25, 0.3) is 0 Å². The molecule has 0 radical (unpaired) electrons. The Bertz CT molecular complexity index is 869. The Morgan fingerprint density at radius 2 is 1.81 bits per heavy atom. The van der Waals surface area contributed by atoms with E-state index in [0.717, 1.165) is 30.6 Å². The lowest BCUT2D eigenvalue weighted by Crippen LogP contribution is -2.34. The molecule has 0 spiro atoms. The van der Waals surface area contributed by atoms with Crippen molar-refractivity contribution >= 4 is 33.2 Å². The molecular weight excluding hydrogens is 393 g/mol. The van der Waals surface area contributed by atoms with E-state index >= 15 is 0 Å². The Morgan fingerprint density at radius 1 is 1.08 bits per heavy atom. The summed E-state index contributed by atoms with van der Waals surface area (Å²) in [4.78, 5) is 0.0713. The minimum Gasteiger partial charge on any atom is -0.497 e. The summed E-state index contributed by atoms with van der Waals surface area (Å²) in [6.45, 7) is 0.912. The van der Waals surface area contributed by atoms with Crippen molar-refractivity contribution in [2.75, 3.05) is 20.2 Å². The first-order chi connectivity index (χ1) is 12.4. The summed E-state index contributed by atoms with van der Waals surface area (Å²) in [6, 6.07) is 12.4. The van der Waals surface area contributed by atoms with Crippen LogP contribution in [0.4, 0.5) is 0 Å². The van der Waals surface area contributed by atoms with E-state index in [0.29, 0.717) is 18.1 Å². The minimum atomic E-state index is -3.70. The van der Waals surface area contributed by atoms with E-state index in [4.69, 9.17) is 27.9 Å². The fraction of sp³-hybridized carbons (Fsp3) is 0.368. The molecule has 1 aliphatic heterocycles. The predicted octanol–water partition coefficient (Wildman–Crippen LogP) is 4.96. The maximum Gasteiger partial charge on any atom is 0.244 e. The van der Waals surface area contributed by atoms with Crippen LogP contribution in [0.2, 0.25) is 10.0 Å². The largest absolute Gasteiger partial charge is 0.497 e. The Hall–Kier alpha value is -1.27. The van der Waals surface area contributed by atoms with E-state index in [1.165, 1.54) is 16.4 Å². The number of hydrogen-bond acceptors (Lipinski definition) is 3. The third-order valence-electron chi connectivity index (χ3n) is 4.73. The van der Waals surface area contributed by atoms with Crippen molar-refractivity contribution in [2.24, 2.45) is 0 Å². The minimum absolute atomic E-state index is 0.0713. The van der Waals surface area contributed by atoms with Crippen LogP contribution in [0.3, 0.4) is 0 Å². The third kappa shape index (κ3) is 4.17. The van der Waals surface area contributed by atoms with Gasteiger partial charge in [0.25, 0.3) is 0 Å². The lowest BCUT2D eigenvalue weighted by atomic mass is 9.94. The second-order valence-electron chi connectivity index (χ2n) is 6.40. The first-order valence-corrected chi connectivity index (χ1v) is 10.7. The van der Waals surface area contributed by atoms with Gasteiger partial charge in [-0.1, -0.05) is 41.8 Å². The average molecular weight is 414 g/mol. The van der Waals surface area contributed by atoms with Crippen molar-refractivity contribution in [1.29, 1.82) is 0 Å². The van der Waals surface area contributed by atoms with Crippen molar-refractivity contribution in [3.05, 3.63) is 58.1 Å². The molecule has 0 aliphatic carbocycles. The molecule has 0 aromatic heterocycles. The molecule has 1 atom stereocenters. The van der Waals surface area contributed by atoms with Gasteiger partial charge in [-0.25, -0.2) is 8.42 Å². The predicted molar refractivity (Wildman–Crippen MR) is 105 cm³/mol. The molecule has 4 nitrogen and oxygen atoms in total. The van der Waals surface area contributed by atoms with Gasteiger partial charge in [-0.2, -0.15) is 4.31 Å². The SMILES string of the molecule is COc1ccc(C2CCCCN(S(=O)(=O)c3cc(Cl)ccc3Cl)C2)cc1. The van der Waals surface area contributed by atoms with Gasteiger partial charge in [0, 0.05) is 18.1 Å². The summed E-state index contributed by atoms with van der Waals surface area (Å²) >= 11 is 12.1. The van der Waals surface area contributed by atoms with Crippen LogP contribution < -0.4 is 4.74 Å². The molecule has 1 aliphatic rings. The lowest BCUT2D eigenvalue weighted by molar-refractivity contribution is 0.404. The summed E-state index contributed by atoms with van der Waals surface area (Å²) in [5, 5.41) is 0.550. The van der Waals surface area contributed by atoms with Gasteiger partial charge in [0.15, 0.2) is 0 Å². The number of nitrogens with zero attached hydrogens (tertiary/aromatic N) is 1. The van der Waals surface area contributed by atoms with Gasteiger partial charge >= 0.3 is 0 Å². The molecule has 1 saturated heterocycles. The molecule has 2 aromatic carbocycles. The van der Waals surface area contributed by atoms with E-state index in [-0.39, 0.29) is 15.8 Å². The van der Waals surface area contributed by atoms with Gasteiger partial charge in [0.05, 0.1) is 12.1 Å². The zero-order valence-electron chi connectivity index (χ0n) is 14.5. The van der Waals surface area contributed by atoms with E-state index < -0.39 is 10.0 Å². The fourth-order valence-corrected chi connectivity index (χ4v) is 5.55. The molecule has 140 valence electrons. The van der Waals surface area contributed by atoms with Gasteiger partial charge in [-0.15, -0.1) is 0 Å². The zero-order chi connectivity index (χ0) is 18.7. The number of sulfonamides is 1. The number of halogens is 2. The van der Waals surface area contributed by atoms with Crippen molar-refractivity contribution in [2.45, 2.75) is 30.1 Å². The summed E-state index contributed by atoms with van der Waals surface area (Å²) in [6.07, 6.45) is 2.75. The molecule has 1 heterocycles. The number of ether oxygens (including phenoxy) is 1. The molecule has 0 saturated carbocycles. The number of hydrogen-bond donors (Lipinski definition) is 0. The second-order valence-corrected chi connectivity index (χ2v) is 9.15. The topological polar surface area (TPSA) is 46.6 Å². The van der Waals surface area contributed by atoms with E-state index in [1.54, 1.807) is 13.2 Å². The summed E-state index contributed by atoms with van der Waals surface area (Å²) < 4.78 is 33.0. The van der Waals surface area contributed by atoms with Crippen molar-refractivity contribution in [3.63, 3.8) is 0 Å². The monoisotopic (exact) mass is 413 g/mol. The second kappa shape index (κ2) is 8.17. The third-order valence-corrected chi connectivity index (χ3v) is 7.31. The molecule has 26 heavy (non-hydrogen) atoms. The van der Waals surface area contributed by atoms with Crippen molar-refractivity contribution < 1.29 is 13.2 Å². The Labute approximate surface area is 164 Å². The van der Waals surface area contributed by atoms with Crippen molar-refractivity contribution in [3.8, 4) is 5.75 Å². The molecule has 1 unspecified atom stereocenters. The summed E-state index contributed by atoms with van der Waals surface area (Å²) in [5.41, 5.74) is 1.12. The van der Waals surface area contributed by atoms with Gasteiger partial charge in [-0.05, 0) is 54.7 Å². The first-order valence-electron chi connectivity index (χ1n) is 8.51. The van der Waals surface area contributed by atoms with Gasteiger partial charge < -0.3 is 4.74 Å². The fourth-order valence-electron chi connectivity index (χ4n) is 3.29. The van der Waals surface area contributed by atoms with Crippen LogP contribution in [-0.2, 0) is 10.0 Å². The molecule has 2 aromatic rings. The van der Waals surface area contributed by atoms with Gasteiger partial charge in [0.1, 0.15) is 10.6 Å². The van der Waals surface area contributed by atoms with Crippen LogP contribution in [0, 0.1) is 0 Å². The van der Waals surface area contributed by atoms with E-state index in [1.807, 2.05) is 24.3 Å². The summed E-state index contributed by atoms with van der Waals surface area (Å²) in [5.74, 6) is 0.925. The molecule has 0 amide bonds. The average Bonchev–Trinajstić information content (AvgIpc) is 2.90. The Kier molecular flexibility index (Phi) is 6.13. The Morgan fingerprint density at radius 3 is 2.50 bits per heavy atom. The molecule has 3 rings (SSSR count). The molecular formula is C19H21Cl2NO3S. The van der Waals surface area contributed by atoms with E-state index in [9.17, 15) is 8.42 Å². The van der Waals surface area contributed by atoms with Crippen LogP contribution in [0.1, 0.15) is 30.7 Å². The van der Waals surface area contributed by atoms with E-state index in [2.05, 4.69) is 0 Å². The molecule has 0 N–H and O–H groups in total. The standard InChI is InChI=1S/C19H21Cl2NO3S/c1-25-17-8-5-14(6-9-17)15-4-2-3-11-22(13-15)26(23,24)19-12-16(20)7-10-18(19)21/h5-10,12,15H,2-4,11,13H2,1H3. The quantitative estimate of drug-likeness (QED) is 0.711. The zero-order valence-corrected chi connectivity index (χ0v) is 16.8. The lowest BCUT2D eigenvalue weighted by Gasteiger charge is -2.25. The van der Waals surface area contributed by atoms with Gasteiger partial charge in [0.2, 0.25) is 10.0 Å². The van der Waals surface area contributed by atoms with Crippen LogP contribution in [-0.4, -0.2) is 32.9 Å². The smallest absolute Gasteiger partial charge is 0.244 e. The number of rotatable bonds is 4. The van der Waals surface area contributed by atoms with Crippen LogP contribution in [0.5, 0.6) is 5.75 Å². The highest BCUT2D eigenvalue weighted by atomic mass is 35.5. The maximum atomic E-state index is 13.2. The molecule has 7 heteroatoms. The molecule has 0 bridgehead atoms. The van der Waals surface area contributed by atoms with Crippen LogP contribution >= 0.6 is 23.2 Å². The number of benzene rings is 2. The normalized spacial score (nSPS) is 19.1. The highest BCUT2D eigenvalue weighted by Crippen LogP contribution is 2.33. The van der Waals surface area contributed by atoms with Crippen molar-refractivity contribution in [1.82, 2.24) is 4.31 Å². The first kappa shape index (κ1) is 19.5. The Balaban J connectivity index is 1.89.